The van der Waals surface area contributed by atoms with E-state index in [1.54, 1.807) is 18.4 Å². The number of allylic oxidation sites excluding steroid dienone is 1. The number of aliphatic imine (C=N–C) groups is 1. The van der Waals surface area contributed by atoms with E-state index in [2.05, 4.69) is 4.99 Å². The smallest absolute Gasteiger partial charge is 0.341 e. The molecule has 1 fully saturated rings. The molecule has 6 nitrogen and oxygen atoms in total. The molecule has 3 aromatic rings. The Labute approximate surface area is 187 Å². The van der Waals surface area contributed by atoms with E-state index in [9.17, 15) is 19.1 Å². The SMILES string of the molecule is NC1CCCC1C1(c2cc3c(cc2F)c(=O)c(C(=O)O)cn3-c2ccc(F)cc2)C=CC=N1. The third-order valence-corrected chi connectivity index (χ3v) is 6.72. The molecule has 3 unspecified atom stereocenters. The lowest BCUT2D eigenvalue weighted by Gasteiger charge is -2.34. The van der Waals surface area contributed by atoms with E-state index in [-0.39, 0.29) is 22.9 Å². The van der Waals surface area contributed by atoms with Crippen molar-refractivity contribution in [2.24, 2.45) is 16.6 Å². The number of halogens is 2. The fraction of sp³-hybridized carbons (Fsp3) is 0.240. The Morgan fingerprint density at radius 2 is 1.94 bits per heavy atom. The molecule has 168 valence electrons. The van der Waals surface area contributed by atoms with E-state index in [1.165, 1.54) is 35.0 Å². The minimum atomic E-state index is -1.43. The molecule has 0 bridgehead atoms. The maximum Gasteiger partial charge on any atom is 0.341 e. The van der Waals surface area contributed by atoms with E-state index in [1.807, 2.05) is 6.08 Å². The molecule has 0 spiro atoms. The van der Waals surface area contributed by atoms with E-state index in [4.69, 9.17) is 5.73 Å². The summed E-state index contributed by atoms with van der Waals surface area (Å²) in [6, 6.07) is 7.84. The van der Waals surface area contributed by atoms with Crippen LogP contribution in [0.5, 0.6) is 0 Å². The summed E-state index contributed by atoms with van der Waals surface area (Å²) in [5, 5.41) is 9.46. The largest absolute Gasteiger partial charge is 0.477 e. The predicted molar refractivity (Wildman–Crippen MR) is 121 cm³/mol. The summed E-state index contributed by atoms with van der Waals surface area (Å²) >= 11 is 0. The van der Waals surface area contributed by atoms with E-state index >= 15 is 4.39 Å². The van der Waals surface area contributed by atoms with Crippen LogP contribution in [0.1, 0.15) is 35.2 Å². The van der Waals surface area contributed by atoms with Crippen LogP contribution in [0.3, 0.4) is 0 Å². The lowest BCUT2D eigenvalue weighted by molar-refractivity contribution is 0.0695. The second-order valence-corrected chi connectivity index (χ2v) is 8.54. The topological polar surface area (TPSA) is 97.7 Å². The minimum absolute atomic E-state index is 0.0858. The number of nitrogens with zero attached hydrogens (tertiary/aromatic N) is 2. The van der Waals surface area contributed by atoms with Crippen LogP contribution in [-0.4, -0.2) is 27.9 Å². The van der Waals surface area contributed by atoms with Gasteiger partial charge in [0.25, 0.3) is 0 Å². The molecule has 0 saturated heterocycles. The van der Waals surface area contributed by atoms with Crippen LogP contribution in [0.25, 0.3) is 16.6 Å². The van der Waals surface area contributed by atoms with Gasteiger partial charge in [0.2, 0.25) is 5.43 Å². The summed E-state index contributed by atoms with van der Waals surface area (Å²) in [6.45, 7) is 0. The standard InChI is InChI=1S/C25H21F2N3O3/c26-14-5-7-15(8-6-14)30-13-17(24(32)33)23(31)16-11-20(27)19(12-22(16)30)25(9-2-10-29-25)18-3-1-4-21(18)28/h2,5-13,18,21H,1,3-4,28H2,(H,32,33). The van der Waals surface area contributed by atoms with Crippen LogP contribution < -0.4 is 11.2 Å². The van der Waals surface area contributed by atoms with Gasteiger partial charge in [-0.2, -0.15) is 0 Å². The molecular weight excluding hydrogens is 428 g/mol. The number of benzene rings is 2. The van der Waals surface area contributed by atoms with Crippen LogP contribution in [-0.2, 0) is 5.54 Å². The first-order chi connectivity index (χ1) is 15.8. The monoisotopic (exact) mass is 449 g/mol. The van der Waals surface area contributed by atoms with Gasteiger partial charge in [-0.1, -0.05) is 12.5 Å². The van der Waals surface area contributed by atoms with Crippen LogP contribution in [0.2, 0.25) is 0 Å². The zero-order valence-corrected chi connectivity index (χ0v) is 17.5. The van der Waals surface area contributed by atoms with Crippen molar-refractivity contribution >= 4 is 23.1 Å². The van der Waals surface area contributed by atoms with Gasteiger partial charge in [0.1, 0.15) is 22.7 Å². The van der Waals surface area contributed by atoms with Gasteiger partial charge in [-0.3, -0.25) is 9.79 Å². The Kier molecular flexibility index (Phi) is 4.97. The summed E-state index contributed by atoms with van der Waals surface area (Å²) in [4.78, 5) is 29.2. The van der Waals surface area contributed by atoms with Crippen LogP contribution in [0.4, 0.5) is 8.78 Å². The first-order valence-corrected chi connectivity index (χ1v) is 10.7. The summed E-state index contributed by atoms with van der Waals surface area (Å²) < 4.78 is 30.6. The van der Waals surface area contributed by atoms with Crippen molar-refractivity contribution in [1.29, 1.82) is 0 Å². The Bertz CT molecular complexity index is 1380. The van der Waals surface area contributed by atoms with Gasteiger partial charge in [-0.15, -0.1) is 0 Å². The van der Waals surface area contributed by atoms with Crippen molar-refractivity contribution in [3.8, 4) is 5.69 Å². The molecule has 2 aromatic carbocycles. The maximum atomic E-state index is 15.6. The molecule has 1 aromatic heterocycles. The number of rotatable bonds is 4. The molecule has 33 heavy (non-hydrogen) atoms. The molecular formula is C25H21F2N3O3. The number of hydrogen-bond acceptors (Lipinski definition) is 4. The number of fused-ring (bicyclic) bond motifs is 1. The van der Waals surface area contributed by atoms with Gasteiger partial charge in [-0.25, -0.2) is 13.6 Å². The quantitative estimate of drug-likeness (QED) is 0.631. The molecule has 2 aliphatic rings. The third kappa shape index (κ3) is 3.29. The number of carboxylic acid groups (broad SMARTS) is 1. The molecule has 3 N–H and O–H groups in total. The third-order valence-electron chi connectivity index (χ3n) is 6.72. The molecule has 1 aliphatic heterocycles. The van der Waals surface area contributed by atoms with Crippen molar-refractivity contribution in [1.82, 2.24) is 4.57 Å². The lowest BCUT2D eigenvalue weighted by Crippen LogP contribution is -2.40. The minimum Gasteiger partial charge on any atom is -0.477 e. The van der Waals surface area contributed by atoms with E-state index < -0.39 is 34.1 Å². The van der Waals surface area contributed by atoms with Crippen LogP contribution in [0.15, 0.2) is 64.5 Å². The van der Waals surface area contributed by atoms with Crippen molar-refractivity contribution in [3.63, 3.8) is 0 Å². The number of carboxylic acids is 1. The second-order valence-electron chi connectivity index (χ2n) is 8.54. The Morgan fingerprint density at radius 1 is 1.18 bits per heavy atom. The highest BCUT2D eigenvalue weighted by Crippen LogP contribution is 2.46. The van der Waals surface area contributed by atoms with Crippen LogP contribution >= 0.6 is 0 Å². The number of aromatic carboxylic acids is 1. The Morgan fingerprint density at radius 3 is 2.55 bits per heavy atom. The van der Waals surface area contributed by atoms with Gasteiger partial charge in [0.05, 0.1) is 5.52 Å². The van der Waals surface area contributed by atoms with Crippen molar-refractivity contribution in [3.05, 3.63) is 87.7 Å². The number of nitrogens with two attached hydrogens (primary N) is 1. The van der Waals surface area contributed by atoms with Crippen molar-refractivity contribution < 1.29 is 18.7 Å². The van der Waals surface area contributed by atoms with Crippen molar-refractivity contribution in [2.75, 3.05) is 0 Å². The molecule has 8 heteroatoms. The van der Waals surface area contributed by atoms with Gasteiger partial charge in [-0.05, 0) is 55.3 Å². The zero-order chi connectivity index (χ0) is 23.3. The zero-order valence-electron chi connectivity index (χ0n) is 17.5. The van der Waals surface area contributed by atoms with E-state index in [0.717, 1.165) is 25.3 Å². The number of pyridine rings is 1. The first-order valence-electron chi connectivity index (χ1n) is 10.7. The average Bonchev–Trinajstić information content (AvgIpc) is 3.44. The van der Waals surface area contributed by atoms with Crippen LogP contribution in [0, 0.1) is 17.6 Å². The fourth-order valence-corrected chi connectivity index (χ4v) is 5.13. The highest BCUT2D eigenvalue weighted by molar-refractivity contribution is 5.93. The summed E-state index contributed by atoms with van der Waals surface area (Å²) in [6.07, 6.45) is 8.90. The van der Waals surface area contributed by atoms with Gasteiger partial charge in [0, 0.05) is 41.0 Å². The van der Waals surface area contributed by atoms with Gasteiger partial charge in [0.15, 0.2) is 0 Å². The maximum absolute atomic E-state index is 15.6. The molecule has 2 heterocycles. The highest BCUT2D eigenvalue weighted by Gasteiger charge is 2.46. The average molecular weight is 449 g/mol. The van der Waals surface area contributed by atoms with Gasteiger partial charge >= 0.3 is 5.97 Å². The molecule has 1 aliphatic carbocycles. The predicted octanol–water partition coefficient (Wildman–Crippen LogP) is 3.93. The first kappa shape index (κ1) is 21.2. The summed E-state index contributed by atoms with van der Waals surface area (Å²) in [7, 11) is 0. The molecule has 1 saturated carbocycles. The molecule has 5 rings (SSSR count). The molecule has 0 radical (unpaired) electrons. The number of carbonyl (C=O) groups is 1. The fourth-order valence-electron chi connectivity index (χ4n) is 5.13. The number of hydrogen-bond donors (Lipinski definition) is 2. The highest BCUT2D eigenvalue weighted by atomic mass is 19.1. The van der Waals surface area contributed by atoms with E-state index in [0.29, 0.717) is 11.2 Å². The normalized spacial score (nSPS) is 24.1. The molecule has 0 amide bonds. The second kappa shape index (κ2) is 7.74. The Hall–Kier alpha value is -3.65. The van der Waals surface area contributed by atoms with Crippen molar-refractivity contribution in [2.45, 2.75) is 30.8 Å². The Balaban J connectivity index is 1.83. The molecule has 3 atom stereocenters. The summed E-state index contributed by atoms with van der Waals surface area (Å²) in [5.74, 6) is -2.67. The lowest BCUT2D eigenvalue weighted by atomic mass is 9.75. The summed E-state index contributed by atoms with van der Waals surface area (Å²) in [5.41, 5.74) is 5.05. The number of aromatic nitrogens is 1. The van der Waals surface area contributed by atoms with Gasteiger partial charge < -0.3 is 15.4 Å².